The number of ether oxygens (including phenoxy) is 1. The van der Waals surface area contributed by atoms with E-state index in [4.69, 9.17) is 9.15 Å². The normalized spacial score (nSPS) is 11.1. The third-order valence-corrected chi connectivity index (χ3v) is 3.17. The van der Waals surface area contributed by atoms with Gasteiger partial charge in [-0.1, -0.05) is 6.07 Å². The lowest BCUT2D eigenvalue weighted by atomic mass is 10.2. The van der Waals surface area contributed by atoms with E-state index in [1.807, 2.05) is 40.1 Å². The van der Waals surface area contributed by atoms with Gasteiger partial charge in [-0.25, -0.2) is 0 Å². The fourth-order valence-electron chi connectivity index (χ4n) is 2.07. The zero-order valence-electron chi connectivity index (χ0n) is 14.7. The summed E-state index contributed by atoms with van der Waals surface area (Å²) in [7, 11) is 3.69. The molecule has 6 nitrogen and oxygen atoms in total. The minimum atomic E-state index is -0.507. The summed E-state index contributed by atoms with van der Waals surface area (Å²) in [4.78, 5) is 14.1. The number of carbonyl (C=O) groups is 1. The first-order valence-electron chi connectivity index (χ1n) is 7.86. The van der Waals surface area contributed by atoms with Gasteiger partial charge in [0.2, 0.25) is 0 Å². The summed E-state index contributed by atoms with van der Waals surface area (Å²) in [6.07, 6.45) is 1.45. The Morgan fingerprint density at radius 3 is 2.68 bits per heavy atom. The molecule has 0 radical (unpaired) electrons. The molecule has 2 rings (SSSR count). The predicted molar refractivity (Wildman–Crippen MR) is 97.5 cm³/mol. The number of carbonyl (C=O) groups excluding carboxylic acids is 1. The van der Waals surface area contributed by atoms with E-state index in [0.29, 0.717) is 23.1 Å². The Hall–Kier alpha value is -3.20. The Kier molecular flexibility index (Phi) is 5.85. The number of rotatable bonds is 6. The first kappa shape index (κ1) is 18.1. The molecule has 1 heterocycles. The van der Waals surface area contributed by atoms with Gasteiger partial charge >= 0.3 is 0 Å². The Bertz CT molecular complexity index is 813. The molecule has 0 aliphatic carbocycles. The highest BCUT2D eigenvalue weighted by Gasteiger charge is 2.12. The number of anilines is 2. The van der Waals surface area contributed by atoms with Crippen LogP contribution in [0.4, 0.5) is 11.6 Å². The Balaban J connectivity index is 2.14. The summed E-state index contributed by atoms with van der Waals surface area (Å²) in [5.41, 5.74) is 0.507. The number of amides is 1. The third-order valence-electron chi connectivity index (χ3n) is 3.17. The number of furan rings is 1. The molecule has 0 spiro atoms. The monoisotopic (exact) mass is 339 g/mol. The first-order valence-corrected chi connectivity index (χ1v) is 7.86. The maximum Gasteiger partial charge on any atom is 0.266 e. The van der Waals surface area contributed by atoms with Crippen molar-refractivity contribution in [3.05, 3.63) is 47.7 Å². The number of hydrogen-bond acceptors (Lipinski definition) is 5. The molecular weight excluding hydrogens is 318 g/mol. The van der Waals surface area contributed by atoms with Crippen LogP contribution < -0.4 is 15.0 Å². The predicted octanol–water partition coefficient (Wildman–Crippen LogP) is 3.68. The van der Waals surface area contributed by atoms with E-state index in [1.165, 1.54) is 6.08 Å². The van der Waals surface area contributed by atoms with Crippen molar-refractivity contribution in [3.63, 3.8) is 0 Å². The number of nitrogens with zero attached hydrogens (tertiary/aromatic N) is 2. The average molecular weight is 339 g/mol. The first-order chi connectivity index (χ1) is 11.9. The van der Waals surface area contributed by atoms with Crippen LogP contribution in [0.2, 0.25) is 0 Å². The van der Waals surface area contributed by atoms with Crippen LogP contribution in [0.3, 0.4) is 0 Å². The van der Waals surface area contributed by atoms with E-state index in [9.17, 15) is 10.1 Å². The van der Waals surface area contributed by atoms with Gasteiger partial charge < -0.3 is 19.4 Å². The number of nitrogens with one attached hydrogen (secondary N) is 1. The second-order valence-electron chi connectivity index (χ2n) is 5.89. The van der Waals surface area contributed by atoms with Gasteiger partial charge in [-0.3, -0.25) is 4.79 Å². The molecule has 0 unspecified atom stereocenters. The smallest absolute Gasteiger partial charge is 0.266 e. The van der Waals surface area contributed by atoms with E-state index < -0.39 is 5.91 Å². The van der Waals surface area contributed by atoms with Gasteiger partial charge in [0.05, 0.1) is 6.10 Å². The zero-order valence-corrected chi connectivity index (χ0v) is 14.7. The molecule has 0 fully saturated rings. The van der Waals surface area contributed by atoms with Crippen molar-refractivity contribution in [2.45, 2.75) is 20.0 Å². The van der Waals surface area contributed by atoms with Crippen LogP contribution in [-0.4, -0.2) is 26.1 Å². The van der Waals surface area contributed by atoms with Crippen molar-refractivity contribution in [2.24, 2.45) is 0 Å². The van der Waals surface area contributed by atoms with Gasteiger partial charge in [0.1, 0.15) is 23.2 Å². The second-order valence-corrected chi connectivity index (χ2v) is 5.89. The summed E-state index contributed by atoms with van der Waals surface area (Å²) in [6, 6.07) is 12.4. The summed E-state index contributed by atoms with van der Waals surface area (Å²) >= 11 is 0. The van der Waals surface area contributed by atoms with Gasteiger partial charge in [0.15, 0.2) is 5.88 Å². The van der Waals surface area contributed by atoms with E-state index in [0.717, 1.165) is 0 Å². The lowest BCUT2D eigenvalue weighted by molar-refractivity contribution is -0.112. The average Bonchev–Trinajstić information content (AvgIpc) is 3.01. The van der Waals surface area contributed by atoms with Crippen molar-refractivity contribution in [2.75, 3.05) is 24.3 Å². The van der Waals surface area contributed by atoms with E-state index in [2.05, 4.69) is 5.32 Å². The molecule has 25 heavy (non-hydrogen) atoms. The molecule has 0 aliphatic rings. The van der Waals surface area contributed by atoms with Gasteiger partial charge in [-0.05, 0) is 32.0 Å². The van der Waals surface area contributed by atoms with Crippen molar-refractivity contribution in [1.29, 1.82) is 5.26 Å². The summed E-state index contributed by atoms with van der Waals surface area (Å²) in [5.74, 6) is 1.22. The lowest BCUT2D eigenvalue weighted by Gasteiger charge is -2.11. The summed E-state index contributed by atoms with van der Waals surface area (Å²) in [6.45, 7) is 3.85. The van der Waals surface area contributed by atoms with Crippen molar-refractivity contribution in [3.8, 4) is 11.8 Å². The van der Waals surface area contributed by atoms with Gasteiger partial charge in [0.25, 0.3) is 5.91 Å². The highest BCUT2D eigenvalue weighted by Crippen LogP contribution is 2.21. The Morgan fingerprint density at radius 2 is 2.08 bits per heavy atom. The number of benzene rings is 1. The molecule has 130 valence electrons. The SMILES string of the molecule is CC(C)Oc1cccc(NC(=O)/C(C#N)=C\c2ccc(N(C)C)o2)c1. The lowest BCUT2D eigenvalue weighted by Crippen LogP contribution is -2.13. The fourth-order valence-corrected chi connectivity index (χ4v) is 2.07. The second kappa shape index (κ2) is 8.06. The highest BCUT2D eigenvalue weighted by molar-refractivity contribution is 6.09. The summed E-state index contributed by atoms with van der Waals surface area (Å²) < 4.78 is 11.1. The highest BCUT2D eigenvalue weighted by atomic mass is 16.5. The molecule has 0 saturated carbocycles. The van der Waals surface area contributed by atoms with E-state index >= 15 is 0 Å². The van der Waals surface area contributed by atoms with Crippen LogP contribution in [-0.2, 0) is 4.79 Å². The van der Waals surface area contributed by atoms with Crippen LogP contribution in [0.5, 0.6) is 5.75 Å². The summed E-state index contributed by atoms with van der Waals surface area (Å²) in [5, 5.41) is 12.0. The maximum atomic E-state index is 12.3. The fraction of sp³-hybridized carbons (Fsp3) is 0.263. The molecule has 1 N–H and O–H groups in total. The number of hydrogen-bond donors (Lipinski definition) is 1. The van der Waals surface area contributed by atoms with Crippen molar-refractivity contribution < 1.29 is 13.9 Å². The molecule has 0 atom stereocenters. The topological polar surface area (TPSA) is 78.5 Å². The van der Waals surface area contributed by atoms with Gasteiger partial charge in [-0.2, -0.15) is 5.26 Å². The molecule has 0 bridgehead atoms. The molecule has 2 aromatic rings. The molecule has 0 aliphatic heterocycles. The molecular formula is C19H21N3O3. The quantitative estimate of drug-likeness (QED) is 0.641. The van der Waals surface area contributed by atoms with Crippen molar-refractivity contribution >= 4 is 23.6 Å². The molecule has 1 aromatic heterocycles. The van der Waals surface area contributed by atoms with Gasteiger partial charge in [0, 0.05) is 38.0 Å². The third kappa shape index (κ3) is 5.15. The Labute approximate surface area is 147 Å². The zero-order chi connectivity index (χ0) is 18.4. The van der Waals surface area contributed by atoms with E-state index in [-0.39, 0.29) is 11.7 Å². The molecule has 1 aromatic carbocycles. The minimum absolute atomic E-state index is 0.0327. The molecule has 1 amide bonds. The largest absolute Gasteiger partial charge is 0.491 e. The van der Waals surface area contributed by atoms with Crippen LogP contribution in [0.1, 0.15) is 19.6 Å². The Morgan fingerprint density at radius 1 is 1.32 bits per heavy atom. The van der Waals surface area contributed by atoms with Crippen LogP contribution in [0.25, 0.3) is 6.08 Å². The van der Waals surface area contributed by atoms with Crippen LogP contribution >= 0.6 is 0 Å². The number of nitriles is 1. The minimum Gasteiger partial charge on any atom is -0.491 e. The van der Waals surface area contributed by atoms with Gasteiger partial charge in [-0.15, -0.1) is 0 Å². The maximum absolute atomic E-state index is 12.3. The van der Waals surface area contributed by atoms with Crippen LogP contribution in [0.15, 0.2) is 46.4 Å². The standard InChI is InChI=1S/C19H21N3O3/c1-13(2)24-16-7-5-6-15(11-16)21-19(23)14(12-20)10-17-8-9-18(25-17)22(3)4/h5-11,13H,1-4H3,(H,21,23)/b14-10-. The van der Waals surface area contributed by atoms with Crippen molar-refractivity contribution in [1.82, 2.24) is 0 Å². The van der Waals surface area contributed by atoms with E-state index in [1.54, 1.807) is 35.2 Å². The van der Waals surface area contributed by atoms with Crippen LogP contribution in [0, 0.1) is 11.3 Å². The molecule has 6 heteroatoms. The molecule has 0 saturated heterocycles.